The molecule has 0 saturated heterocycles. The molecule has 8 nitrogen and oxygen atoms in total. The molecule has 0 aliphatic carbocycles. The molecule has 3 rings (SSSR count). The van der Waals surface area contributed by atoms with Crippen LogP contribution in [0.3, 0.4) is 0 Å². The number of halogens is 3. The Morgan fingerprint density at radius 3 is 2.59 bits per heavy atom. The normalized spacial score (nSPS) is 11.8. The molecule has 32 heavy (non-hydrogen) atoms. The first-order chi connectivity index (χ1) is 15.3. The van der Waals surface area contributed by atoms with Crippen molar-refractivity contribution in [2.24, 2.45) is 10.7 Å². The molecule has 11 heteroatoms. The molecule has 168 valence electrons. The molecule has 0 saturated carbocycles. The summed E-state index contributed by atoms with van der Waals surface area (Å²) in [6, 6.07) is 14.4. The predicted octanol–water partition coefficient (Wildman–Crippen LogP) is 3.02. The SMILES string of the molecule is NC(=NCc1cccc(NC(=O)Cn2cccn2)c1)NCc1ccc(OC(F)(F)F)cc1. The standard InChI is InChI=1S/C21H21F3N6O2/c22-21(23,24)32-18-7-5-15(6-8-18)12-26-20(25)27-13-16-3-1-4-17(11-16)29-19(31)14-30-10-2-9-28-30/h1-11H,12-14H2,(H,29,31)(H3,25,26,27). The van der Waals surface area contributed by atoms with Gasteiger partial charge in [0.05, 0.1) is 6.54 Å². The lowest BCUT2D eigenvalue weighted by Crippen LogP contribution is -2.31. The second kappa shape index (κ2) is 10.3. The first kappa shape index (κ1) is 22.7. The van der Waals surface area contributed by atoms with Crippen molar-refractivity contribution in [1.29, 1.82) is 0 Å². The van der Waals surface area contributed by atoms with Gasteiger partial charge >= 0.3 is 6.36 Å². The summed E-state index contributed by atoms with van der Waals surface area (Å²) >= 11 is 0. The molecular weight excluding hydrogens is 425 g/mol. The van der Waals surface area contributed by atoms with Crippen LogP contribution < -0.4 is 21.1 Å². The number of ether oxygens (including phenoxy) is 1. The molecule has 1 amide bonds. The van der Waals surface area contributed by atoms with Gasteiger partial charge in [0.15, 0.2) is 5.96 Å². The van der Waals surface area contributed by atoms with Gasteiger partial charge in [-0.05, 0) is 41.5 Å². The van der Waals surface area contributed by atoms with E-state index in [1.54, 1.807) is 36.7 Å². The molecule has 0 aliphatic heterocycles. The molecule has 0 aliphatic rings. The number of hydrogen-bond donors (Lipinski definition) is 3. The minimum absolute atomic E-state index is 0.107. The fourth-order valence-corrected chi connectivity index (χ4v) is 2.72. The number of alkyl halides is 3. The number of amides is 1. The van der Waals surface area contributed by atoms with Crippen molar-refractivity contribution in [3.63, 3.8) is 0 Å². The predicted molar refractivity (Wildman–Crippen MR) is 113 cm³/mol. The number of carbonyl (C=O) groups excluding carboxylic acids is 1. The number of nitrogens with zero attached hydrogens (tertiary/aromatic N) is 3. The average molecular weight is 446 g/mol. The monoisotopic (exact) mass is 446 g/mol. The van der Waals surface area contributed by atoms with Gasteiger partial charge in [0.25, 0.3) is 0 Å². The van der Waals surface area contributed by atoms with Crippen molar-refractivity contribution in [3.05, 3.63) is 78.1 Å². The Labute approximate surface area is 181 Å². The molecule has 0 bridgehead atoms. The van der Waals surface area contributed by atoms with E-state index in [0.717, 1.165) is 5.56 Å². The molecule has 1 aromatic heterocycles. The maximum atomic E-state index is 12.2. The molecule has 0 radical (unpaired) electrons. The topological polar surface area (TPSA) is 107 Å². The number of aromatic nitrogens is 2. The molecular formula is C21H21F3N6O2. The highest BCUT2D eigenvalue weighted by atomic mass is 19.4. The Hall–Kier alpha value is -4.02. The quantitative estimate of drug-likeness (QED) is 0.364. The fourth-order valence-electron chi connectivity index (χ4n) is 2.72. The van der Waals surface area contributed by atoms with Gasteiger partial charge in [0.2, 0.25) is 5.91 Å². The van der Waals surface area contributed by atoms with Crippen molar-refractivity contribution >= 4 is 17.6 Å². The van der Waals surface area contributed by atoms with E-state index in [0.29, 0.717) is 11.3 Å². The van der Waals surface area contributed by atoms with E-state index >= 15 is 0 Å². The van der Waals surface area contributed by atoms with E-state index in [-0.39, 0.29) is 37.3 Å². The van der Waals surface area contributed by atoms with Crippen LogP contribution in [0.2, 0.25) is 0 Å². The summed E-state index contributed by atoms with van der Waals surface area (Å²) in [5.41, 5.74) is 8.03. The van der Waals surface area contributed by atoms with E-state index in [1.165, 1.54) is 28.9 Å². The van der Waals surface area contributed by atoms with Crippen molar-refractivity contribution in [2.75, 3.05) is 5.32 Å². The summed E-state index contributed by atoms with van der Waals surface area (Å²) < 4.78 is 41.9. The molecule has 0 fully saturated rings. The van der Waals surface area contributed by atoms with Crippen molar-refractivity contribution < 1.29 is 22.7 Å². The summed E-state index contributed by atoms with van der Waals surface area (Å²) in [5, 5.41) is 9.68. The average Bonchev–Trinajstić information content (AvgIpc) is 3.24. The first-order valence-corrected chi connectivity index (χ1v) is 9.51. The lowest BCUT2D eigenvalue weighted by molar-refractivity contribution is -0.274. The van der Waals surface area contributed by atoms with Gasteiger partial charge in [0, 0.05) is 24.6 Å². The smallest absolute Gasteiger partial charge is 0.406 e. The van der Waals surface area contributed by atoms with Gasteiger partial charge < -0.3 is 21.1 Å². The molecule has 2 aromatic carbocycles. The van der Waals surface area contributed by atoms with Crippen LogP contribution in [0.15, 0.2) is 72.0 Å². The van der Waals surface area contributed by atoms with E-state index in [1.807, 2.05) is 6.07 Å². The van der Waals surface area contributed by atoms with Crippen LogP contribution in [0.1, 0.15) is 11.1 Å². The van der Waals surface area contributed by atoms with Crippen LogP contribution in [0, 0.1) is 0 Å². The van der Waals surface area contributed by atoms with E-state index in [2.05, 4.69) is 25.5 Å². The Morgan fingerprint density at radius 2 is 1.91 bits per heavy atom. The van der Waals surface area contributed by atoms with Crippen molar-refractivity contribution in [2.45, 2.75) is 26.0 Å². The van der Waals surface area contributed by atoms with Gasteiger partial charge in [0.1, 0.15) is 12.3 Å². The molecule has 0 atom stereocenters. The van der Waals surface area contributed by atoms with Crippen LogP contribution in [-0.4, -0.2) is 28.0 Å². The van der Waals surface area contributed by atoms with Crippen LogP contribution in [-0.2, 0) is 24.4 Å². The van der Waals surface area contributed by atoms with E-state index in [4.69, 9.17) is 5.73 Å². The summed E-state index contributed by atoms with van der Waals surface area (Å²) in [5.74, 6) is -0.324. The number of hydrogen-bond acceptors (Lipinski definition) is 4. The zero-order valence-electron chi connectivity index (χ0n) is 16.8. The maximum Gasteiger partial charge on any atom is 0.573 e. The Morgan fingerprint density at radius 1 is 1.12 bits per heavy atom. The van der Waals surface area contributed by atoms with E-state index in [9.17, 15) is 18.0 Å². The number of nitrogens with two attached hydrogens (primary N) is 1. The minimum Gasteiger partial charge on any atom is -0.406 e. The number of benzene rings is 2. The van der Waals surface area contributed by atoms with Crippen LogP contribution in [0.4, 0.5) is 18.9 Å². The Kier molecular flexibility index (Phi) is 7.32. The number of nitrogens with one attached hydrogen (secondary N) is 2. The summed E-state index contributed by atoms with van der Waals surface area (Å²) in [7, 11) is 0. The van der Waals surface area contributed by atoms with Gasteiger partial charge in [-0.3, -0.25) is 9.48 Å². The second-order valence-corrected chi connectivity index (χ2v) is 6.70. The molecule has 0 spiro atoms. The van der Waals surface area contributed by atoms with Gasteiger partial charge in [-0.2, -0.15) is 5.10 Å². The highest BCUT2D eigenvalue weighted by molar-refractivity contribution is 5.90. The highest BCUT2D eigenvalue weighted by Crippen LogP contribution is 2.22. The fraction of sp³-hybridized carbons (Fsp3) is 0.190. The summed E-state index contributed by atoms with van der Waals surface area (Å²) in [6.07, 6.45) is -1.43. The first-order valence-electron chi connectivity index (χ1n) is 9.51. The molecule has 0 unspecified atom stereocenters. The summed E-state index contributed by atoms with van der Waals surface area (Å²) in [4.78, 5) is 16.3. The van der Waals surface area contributed by atoms with Crippen LogP contribution in [0.25, 0.3) is 0 Å². The highest BCUT2D eigenvalue weighted by Gasteiger charge is 2.30. The number of aliphatic imine (C=N–C) groups is 1. The van der Waals surface area contributed by atoms with Gasteiger partial charge in [-0.15, -0.1) is 13.2 Å². The maximum absolute atomic E-state index is 12.2. The van der Waals surface area contributed by atoms with Crippen LogP contribution in [0.5, 0.6) is 5.75 Å². The lowest BCUT2D eigenvalue weighted by Gasteiger charge is -2.10. The van der Waals surface area contributed by atoms with E-state index < -0.39 is 6.36 Å². The lowest BCUT2D eigenvalue weighted by atomic mass is 10.2. The Bertz CT molecular complexity index is 1050. The zero-order valence-corrected chi connectivity index (χ0v) is 16.8. The van der Waals surface area contributed by atoms with Crippen LogP contribution >= 0.6 is 0 Å². The second-order valence-electron chi connectivity index (χ2n) is 6.70. The van der Waals surface area contributed by atoms with Gasteiger partial charge in [-0.25, -0.2) is 4.99 Å². The number of rotatable bonds is 8. The molecule has 1 heterocycles. The minimum atomic E-state index is -4.73. The molecule has 4 N–H and O–H groups in total. The van der Waals surface area contributed by atoms with Crippen molar-refractivity contribution in [1.82, 2.24) is 15.1 Å². The Balaban J connectivity index is 1.48. The third-order valence-electron chi connectivity index (χ3n) is 4.14. The zero-order chi connectivity index (χ0) is 23.0. The summed E-state index contributed by atoms with van der Waals surface area (Å²) in [6.45, 7) is 0.667. The van der Waals surface area contributed by atoms with Gasteiger partial charge in [-0.1, -0.05) is 24.3 Å². The molecule has 3 aromatic rings. The van der Waals surface area contributed by atoms with Crippen molar-refractivity contribution in [3.8, 4) is 5.75 Å². The third kappa shape index (κ3) is 7.67. The third-order valence-corrected chi connectivity index (χ3v) is 4.14. The number of carbonyl (C=O) groups is 1. The largest absolute Gasteiger partial charge is 0.573 e. The number of guanidine groups is 1. The number of anilines is 1.